The van der Waals surface area contributed by atoms with Crippen molar-refractivity contribution in [3.8, 4) is 11.6 Å². The molecule has 13 heteroatoms. The fraction of sp³-hybridized carbons (Fsp3) is 0.240. The highest BCUT2D eigenvalue weighted by atomic mass is 19.4. The third-order valence-electron chi connectivity index (χ3n) is 5.65. The van der Waals surface area contributed by atoms with Gasteiger partial charge in [0.25, 0.3) is 6.43 Å². The standard InChI is InChI=1S/C25H20F5N5O3/c1-37-19-6-3-17(4-7-19)35-23-15(2-9-22(31-23)38-13-21(26)27)12-34(24(35)36)18-5-8-20-16(10-18)11-33(32-20)14-25(28,29)30/h2-11,21H,12-14H2,1H3/i1D3. The molecule has 0 spiro atoms. The highest BCUT2D eigenvalue weighted by Crippen LogP contribution is 2.38. The molecule has 4 aromatic rings. The Labute approximate surface area is 217 Å². The topological polar surface area (TPSA) is 72.7 Å². The molecule has 38 heavy (non-hydrogen) atoms. The SMILES string of the molecule is [2H]C([2H])([2H])Oc1ccc(N2C(=O)N(c3ccc4nn(CC(F)(F)F)cc4c3)Cc3ccc(OCC(F)F)nc32)cc1. The molecule has 2 amide bonds. The Hall–Kier alpha value is -4.42. The minimum atomic E-state index is -4.47. The molecular weight excluding hydrogens is 513 g/mol. The second-order valence-electron chi connectivity index (χ2n) is 8.32. The summed E-state index contributed by atoms with van der Waals surface area (Å²) in [6.07, 6.45) is -5.99. The number of halogens is 5. The molecule has 1 aliphatic heterocycles. The summed E-state index contributed by atoms with van der Waals surface area (Å²) in [5.74, 6) is -0.0312. The first-order valence-electron chi connectivity index (χ1n) is 12.6. The molecule has 0 saturated heterocycles. The van der Waals surface area contributed by atoms with E-state index in [9.17, 15) is 26.7 Å². The van der Waals surface area contributed by atoms with E-state index in [-0.39, 0.29) is 29.7 Å². The number of hydrogen-bond acceptors (Lipinski definition) is 5. The Morgan fingerprint density at radius 3 is 2.55 bits per heavy atom. The van der Waals surface area contributed by atoms with Gasteiger partial charge in [0, 0.05) is 28.9 Å². The van der Waals surface area contributed by atoms with Crippen LogP contribution in [0.5, 0.6) is 11.6 Å². The van der Waals surface area contributed by atoms with E-state index in [4.69, 9.17) is 13.6 Å². The Morgan fingerprint density at radius 2 is 1.84 bits per heavy atom. The lowest BCUT2D eigenvalue weighted by Crippen LogP contribution is -2.45. The predicted octanol–water partition coefficient (Wildman–Crippen LogP) is 5.92. The number of carbonyl (C=O) groups is 1. The quantitative estimate of drug-likeness (QED) is 0.274. The van der Waals surface area contributed by atoms with E-state index in [1.54, 1.807) is 6.07 Å². The third kappa shape index (κ3) is 5.17. The Balaban J connectivity index is 1.53. The number of rotatable bonds is 7. The first kappa shape index (κ1) is 21.6. The average Bonchev–Trinajstić information content (AvgIpc) is 3.26. The largest absolute Gasteiger partial charge is 0.497 e. The summed E-state index contributed by atoms with van der Waals surface area (Å²) in [6.45, 7) is -2.19. The van der Waals surface area contributed by atoms with E-state index >= 15 is 0 Å². The number of anilines is 3. The lowest BCUT2D eigenvalue weighted by atomic mass is 10.1. The summed E-state index contributed by atoms with van der Waals surface area (Å²) in [5, 5.41) is 4.30. The first-order chi connectivity index (χ1) is 19.3. The number of aromatic nitrogens is 3. The van der Waals surface area contributed by atoms with Crippen molar-refractivity contribution in [2.45, 2.75) is 25.7 Å². The highest BCUT2D eigenvalue weighted by Gasteiger charge is 2.34. The molecule has 0 bridgehead atoms. The number of benzene rings is 2. The van der Waals surface area contributed by atoms with Crippen LogP contribution in [0, 0.1) is 0 Å². The lowest BCUT2D eigenvalue weighted by molar-refractivity contribution is -0.142. The Morgan fingerprint density at radius 1 is 1.08 bits per heavy atom. The van der Waals surface area contributed by atoms with Gasteiger partial charge in [0.05, 0.1) is 28.9 Å². The van der Waals surface area contributed by atoms with Crippen molar-refractivity contribution in [1.29, 1.82) is 0 Å². The van der Waals surface area contributed by atoms with Gasteiger partial charge >= 0.3 is 12.2 Å². The number of urea groups is 1. The molecule has 0 aliphatic carbocycles. The molecule has 0 radical (unpaired) electrons. The maximum atomic E-state index is 13.9. The number of amides is 2. The zero-order valence-corrected chi connectivity index (χ0v) is 19.3. The average molecular weight is 536 g/mol. The maximum Gasteiger partial charge on any atom is 0.408 e. The lowest BCUT2D eigenvalue weighted by Gasteiger charge is -2.36. The number of nitrogens with zero attached hydrogens (tertiary/aromatic N) is 5. The molecule has 0 N–H and O–H groups in total. The molecule has 0 fully saturated rings. The van der Waals surface area contributed by atoms with Crippen LogP contribution in [0.3, 0.4) is 0 Å². The number of ether oxygens (including phenoxy) is 2. The van der Waals surface area contributed by atoms with Crippen molar-refractivity contribution in [2.24, 2.45) is 0 Å². The molecule has 5 rings (SSSR count). The van der Waals surface area contributed by atoms with Crippen molar-refractivity contribution in [3.63, 3.8) is 0 Å². The summed E-state index contributed by atoms with van der Waals surface area (Å²) in [5.41, 5.74) is 1.40. The molecule has 2 aromatic heterocycles. The van der Waals surface area contributed by atoms with E-state index in [1.165, 1.54) is 64.5 Å². The highest BCUT2D eigenvalue weighted by molar-refractivity contribution is 6.10. The molecular formula is C25H20F5N5O3. The molecule has 1 aliphatic rings. The maximum absolute atomic E-state index is 13.9. The van der Waals surface area contributed by atoms with E-state index < -0.39 is 38.8 Å². The Kier molecular flexibility index (Phi) is 5.58. The predicted molar refractivity (Wildman–Crippen MR) is 128 cm³/mol. The Bertz CT molecular complexity index is 1580. The van der Waals surface area contributed by atoms with Crippen LogP contribution in [0.1, 0.15) is 9.68 Å². The zero-order chi connectivity index (χ0) is 29.5. The number of alkyl halides is 5. The van der Waals surface area contributed by atoms with Crippen molar-refractivity contribution >= 4 is 34.1 Å². The zero-order valence-electron chi connectivity index (χ0n) is 22.3. The van der Waals surface area contributed by atoms with Crippen LogP contribution >= 0.6 is 0 Å². The molecule has 8 nitrogen and oxygen atoms in total. The fourth-order valence-corrected chi connectivity index (χ4v) is 4.05. The van der Waals surface area contributed by atoms with Crippen LogP contribution < -0.4 is 19.3 Å². The minimum absolute atomic E-state index is 0.00473. The van der Waals surface area contributed by atoms with Crippen LogP contribution in [0.4, 0.5) is 43.9 Å². The minimum Gasteiger partial charge on any atom is -0.497 e. The van der Waals surface area contributed by atoms with Gasteiger partial charge in [-0.2, -0.15) is 23.3 Å². The van der Waals surface area contributed by atoms with Crippen LogP contribution in [-0.4, -0.2) is 47.0 Å². The van der Waals surface area contributed by atoms with Crippen molar-refractivity contribution in [3.05, 3.63) is 66.4 Å². The van der Waals surface area contributed by atoms with Gasteiger partial charge in [0.1, 0.15) is 18.1 Å². The molecule has 0 atom stereocenters. The van der Waals surface area contributed by atoms with Crippen LogP contribution in [0.2, 0.25) is 0 Å². The number of hydrogen-bond donors (Lipinski definition) is 0. The van der Waals surface area contributed by atoms with Crippen molar-refractivity contribution in [2.75, 3.05) is 23.4 Å². The van der Waals surface area contributed by atoms with Gasteiger partial charge < -0.3 is 9.47 Å². The van der Waals surface area contributed by atoms with E-state index in [2.05, 4.69) is 10.1 Å². The summed E-state index contributed by atoms with van der Waals surface area (Å²) in [7, 11) is -2.70. The van der Waals surface area contributed by atoms with Crippen LogP contribution in [0.15, 0.2) is 60.8 Å². The normalized spacial score (nSPS) is 15.3. The molecule has 0 unspecified atom stereocenters. The van der Waals surface area contributed by atoms with Crippen LogP contribution in [0.25, 0.3) is 10.9 Å². The van der Waals surface area contributed by atoms with Gasteiger partial charge in [0.2, 0.25) is 5.88 Å². The summed E-state index contributed by atoms with van der Waals surface area (Å²) in [6, 6.07) is 12.4. The fourth-order valence-electron chi connectivity index (χ4n) is 4.05. The van der Waals surface area contributed by atoms with E-state index in [1.807, 2.05) is 0 Å². The van der Waals surface area contributed by atoms with Gasteiger partial charge in [-0.05, 0) is 48.5 Å². The molecule has 2 aromatic carbocycles. The number of carbonyl (C=O) groups excluding carboxylic acids is 1. The number of fused-ring (bicyclic) bond motifs is 2. The second kappa shape index (κ2) is 9.80. The molecule has 0 saturated carbocycles. The summed E-state index contributed by atoms with van der Waals surface area (Å²) < 4.78 is 96.5. The summed E-state index contributed by atoms with van der Waals surface area (Å²) in [4.78, 5) is 20.7. The van der Waals surface area contributed by atoms with E-state index in [0.29, 0.717) is 22.2 Å². The third-order valence-corrected chi connectivity index (χ3v) is 5.65. The van der Waals surface area contributed by atoms with Gasteiger partial charge in [-0.1, -0.05) is 0 Å². The molecule has 3 heterocycles. The first-order valence-corrected chi connectivity index (χ1v) is 11.1. The van der Waals surface area contributed by atoms with Gasteiger partial charge in [-0.3, -0.25) is 9.58 Å². The van der Waals surface area contributed by atoms with E-state index in [0.717, 1.165) is 4.68 Å². The van der Waals surface area contributed by atoms with Crippen molar-refractivity contribution in [1.82, 2.24) is 14.8 Å². The van der Waals surface area contributed by atoms with Gasteiger partial charge in [0.15, 0.2) is 6.61 Å². The smallest absolute Gasteiger partial charge is 0.408 e. The van der Waals surface area contributed by atoms with Gasteiger partial charge in [-0.15, -0.1) is 0 Å². The van der Waals surface area contributed by atoms with Crippen LogP contribution in [-0.2, 0) is 13.1 Å². The number of pyridine rings is 1. The monoisotopic (exact) mass is 536 g/mol. The second-order valence-corrected chi connectivity index (χ2v) is 8.32. The van der Waals surface area contributed by atoms with Crippen molar-refractivity contribution < 1.29 is 40.3 Å². The summed E-state index contributed by atoms with van der Waals surface area (Å²) >= 11 is 0. The van der Waals surface area contributed by atoms with Gasteiger partial charge in [-0.25, -0.2) is 18.5 Å². The number of methoxy groups -OCH3 is 1. The molecule has 198 valence electrons.